The first-order valence-corrected chi connectivity index (χ1v) is 10.9. The molecule has 1 fully saturated rings. The number of primary amides is 1. The zero-order valence-corrected chi connectivity index (χ0v) is 18.9. The van der Waals surface area contributed by atoms with E-state index in [1.54, 1.807) is 36.4 Å². The Morgan fingerprint density at radius 1 is 1.17 bits per heavy atom. The molecule has 2 aromatic carbocycles. The first-order valence-electron chi connectivity index (χ1n) is 10.9. The quantitative estimate of drug-likeness (QED) is 0.474. The third-order valence-electron chi connectivity index (χ3n) is 5.70. The van der Waals surface area contributed by atoms with Crippen molar-refractivity contribution >= 4 is 17.6 Å². The molecule has 1 aliphatic heterocycles. The molecule has 0 bridgehead atoms. The molecular weight excluding hydrogens is 458 g/mol. The smallest absolute Gasteiger partial charge is 0.387 e. The molecular formula is C25H24F2N4O4. The van der Waals surface area contributed by atoms with Crippen LogP contribution in [0.1, 0.15) is 23.7 Å². The van der Waals surface area contributed by atoms with Crippen molar-refractivity contribution < 1.29 is 28.2 Å². The van der Waals surface area contributed by atoms with Crippen molar-refractivity contribution in [3.05, 3.63) is 60.2 Å². The van der Waals surface area contributed by atoms with Crippen molar-refractivity contribution in [2.75, 3.05) is 18.0 Å². The molecule has 8 nitrogen and oxygen atoms in total. The van der Waals surface area contributed by atoms with Gasteiger partial charge < -0.3 is 25.8 Å². The highest BCUT2D eigenvalue weighted by molar-refractivity contribution is 5.97. The van der Waals surface area contributed by atoms with E-state index in [1.807, 2.05) is 4.90 Å². The highest BCUT2D eigenvalue weighted by atomic mass is 19.3. The topological polar surface area (TPSA) is 118 Å². The fourth-order valence-corrected chi connectivity index (χ4v) is 4.15. The number of anilines is 1. The van der Waals surface area contributed by atoms with Crippen LogP contribution in [0.25, 0.3) is 22.4 Å². The van der Waals surface area contributed by atoms with Crippen molar-refractivity contribution in [2.45, 2.75) is 26.0 Å². The summed E-state index contributed by atoms with van der Waals surface area (Å²) in [5.74, 6) is -0.613. The number of halogens is 2. The van der Waals surface area contributed by atoms with Gasteiger partial charge in [-0.1, -0.05) is 18.2 Å². The van der Waals surface area contributed by atoms with Gasteiger partial charge in [-0.15, -0.1) is 0 Å². The molecule has 0 radical (unpaired) electrons. The zero-order valence-electron chi connectivity index (χ0n) is 18.9. The Bertz CT molecular complexity index is 1270. The number of hydrogen-bond donors (Lipinski definition) is 3. The van der Waals surface area contributed by atoms with Crippen LogP contribution in [-0.4, -0.2) is 47.6 Å². The number of aromatic hydroxyl groups is 1. The van der Waals surface area contributed by atoms with Gasteiger partial charge in [0.05, 0.1) is 11.3 Å². The van der Waals surface area contributed by atoms with Gasteiger partial charge in [0.15, 0.2) is 0 Å². The zero-order chi connectivity index (χ0) is 25.1. The van der Waals surface area contributed by atoms with E-state index in [0.717, 1.165) is 6.42 Å². The van der Waals surface area contributed by atoms with E-state index in [4.69, 9.17) is 15.5 Å². The largest absolute Gasteiger partial charge is 0.507 e. The van der Waals surface area contributed by atoms with Gasteiger partial charge in [0.1, 0.15) is 17.3 Å². The second-order valence-corrected chi connectivity index (χ2v) is 8.20. The van der Waals surface area contributed by atoms with Gasteiger partial charge in [-0.3, -0.25) is 9.59 Å². The molecule has 1 aliphatic rings. The fraction of sp³-hybridized carbons (Fsp3) is 0.240. The first kappa shape index (κ1) is 23.9. The van der Waals surface area contributed by atoms with Crippen molar-refractivity contribution in [2.24, 2.45) is 5.73 Å². The Hall–Kier alpha value is -4.21. The number of phenols is 1. The lowest BCUT2D eigenvalue weighted by molar-refractivity contribution is -0.119. The normalized spacial score (nSPS) is 15.3. The number of para-hydroxylation sites is 1. The first-order chi connectivity index (χ1) is 16.7. The lowest BCUT2D eigenvalue weighted by Gasteiger charge is -2.21. The van der Waals surface area contributed by atoms with E-state index in [1.165, 1.54) is 25.1 Å². The van der Waals surface area contributed by atoms with Gasteiger partial charge in [-0.05, 0) is 48.4 Å². The Morgan fingerprint density at radius 2 is 1.94 bits per heavy atom. The van der Waals surface area contributed by atoms with Crippen LogP contribution in [0, 0.1) is 0 Å². The van der Waals surface area contributed by atoms with Gasteiger partial charge >= 0.3 is 6.61 Å². The van der Waals surface area contributed by atoms with Gasteiger partial charge in [0.25, 0.3) is 5.91 Å². The Labute approximate surface area is 200 Å². The molecule has 0 aliphatic carbocycles. The minimum atomic E-state index is -3.00. The number of alkyl halides is 2. The van der Waals surface area contributed by atoms with Crippen LogP contribution in [0.5, 0.6) is 11.5 Å². The molecule has 0 spiro atoms. The predicted molar refractivity (Wildman–Crippen MR) is 126 cm³/mol. The van der Waals surface area contributed by atoms with E-state index < -0.39 is 12.5 Å². The van der Waals surface area contributed by atoms with Gasteiger partial charge in [-0.25, -0.2) is 4.98 Å². The molecule has 3 aromatic rings. The number of hydrogen-bond acceptors (Lipinski definition) is 6. The van der Waals surface area contributed by atoms with Crippen LogP contribution >= 0.6 is 0 Å². The molecule has 10 heteroatoms. The van der Waals surface area contributed by atoms with Crippen molar-refractivity contribution in [3.8, 4) is 33.9 Å². The fourth-order valence-electron chi connectivity index (χ4n) is 4.15. The third-order valence-corrected chi connectivity index (χ3v) is 5.70. The number of ether oxygens (including phenoxy) is 1. The maximum Gasteiger partial charge on any atom is 0.387 e. The molecule has 4 N–H and O–H groups in total. The van der Waals surface area contributed by atoms with Crippen LogP contribution in [-0.2, 0) is 4.79 Å². The number of benzene rings is 2. The van der Waals surface area contributed by atoms with E-state index in [0.29, 0.717) is 41.3 Å². The van der Waals surface area contributed by atoms with Crippen LogP contribution in [0.15, 0.2) is 54.6 Å². The number of carbonyl (C=O) groups is 2. The Kier molecular flexibility index (Phi) is 6.81. The second-order valence-electron chi connectivity index (χ2n) is 8.20. The highest BCUT2D eigenvalue weighted by Crippen LogP contribution is 2.36. The molecule has 1 aromatic heterocycles. The monoisotopic (exact) mass is 482 g/mol. The number of rotatable bonds is 7. The van der Waals surface area contributed by atoms with Gasteiger partial charge in [0, 0.05) is 37.2 Å². The van der Waals surface area contributed by atoms with Crippen LogP contribution < -0.4 is 20.7 Å². The summed E-state index contributed by atoms with van der Waals surface area (Å²) in [5, 5.41) is 12.9. The molecule has 1 atom stereocenters. The average Bonchev–Trinajstić information content (AvgIpc) is 3.26. The second kappa shape index (κ2) is 9.96. The van der Waals surface area contributed by atoms with E-state index in [9.17, 15) is 23.5 Å². The summed E-state index contributed by atoms with van der Waals surface area (Å²) in [6.45, 7) is -0.393. The SMILES string of the molecule is CC(=O)NC1CCN(c2cc(-c3ccccc3OC(F)F)cc(-c3ccc(O)c(C(N)=O)c3)n2)C1. The van der Waals surface area contributed by atoms with Gasteiger partial charge in [-0.2, -0.15) is 8.78 Å². The third kappa shape index (κ3) is 5.48. The number of nitrogens with one attached hydrogen (secondary N) is 1. The number of pyridine rings is 1. The summed E-state index contributed by atoms with van der Waals surface area (Å²) in [6, 6.07) is 14.2. The van der Waals surface area contributed by atoms with Gasteiger partial charge in [0.2, 0.25) is 5.91 Å². The molecule has 4 rings (SSSR count). The maximum absolute atomic E-state index is 13.0. The summed E-state index contributed by atoms with van der Waals surface area (Å²) in [6.07, 6.45) is 0.719. The number of carbonyl (C=O) groups excluding carboxylic acids is 2. The molecule has 2 amide bonds. The van der Waals surface area contributed by atoms with Crippen LogP contribution in [0.2, 0.25) is 0 Å². The van der Waals surface area contributed by atoms with Crippen molar-refractivity contribution in [1.82, 2.24) is 10.3 Å². The maximum atomic E-state index is 13.0. The number of aromatic nitrogens is 1. The minimum absolute atomic E-state index is 0.00618. The van der Waals surface area contributed by atoms with Crippen molar-refractivity contribution in [1.29, 1.82) is 0 Å². The van der Waals surface area contributed by atoms with E-state index >= 15 is 0 Å². The van der Waals surface area contributed by atoms with E-state index in [2.05, 4.69) is 5.32 Å². The molecule has 1 unspecified atom stereocenters. The summed E-state index contributed by atoms with van der Waals surface area (Å²) in [7, 11) is 0. The standard InChI is InChI=1S/C25H24F2N4O4/c1-14(32)29-17-8-9-31(13-17)23-12-16(18-4-2-3-5-22(18)35-25(26)27)11-20(30-23)15-6-7-21(33)19(10-15)24(28)34/h2-7,10-12,17,25,33H,8-9,13H2,1H3,(H2,28,34)(H,29,32). The molecule has 0 saturated carbocycles. The Morgan fingerprint density at radius 3 is 2.66 bits per heavy atom. The summed E-state index contributed by atoms with van der Waals surface area (Å²) in [5.41, 5.74) is 7.26. The molecule has 2 heterocycles. The highest BCUT2D eigenvalue weighted by Gasteiger charge is 2.25. The van der Waals surface area contributed by atoms with E-state index in [-0.39, 0.29) is 29.0 Å². The Balaban J connectivity index is 1.82. The summed E-state index contributed by atoms with van der Waals surface area (Å²) < 4.78 is 30.8. The van der Waals surface area contributed by atoms with Crippen LogP contribution in [0.4, 0.5) is 14.6 Å². The summed E-state index contributed by atoms with van der Waals surface area (Å²) >= 11 is 0. The van der Waals surface area contributed by atoms with Crippen LogP contribution in [0.3, 0.4) is 0 Å². The number of amides is 2. The number of nitrogens with two attached hydrogens (primary N) is 1. The molecule has 182 valence electrons. The molecule has 1 saturated heterocycles. The average molecular weight is 482 g/mol. The molecule has 35 heavy (non-hydrogen) atoms. The lowest BCUT2D eigenvalue weighted by Crippen LogP contribution is -2.35. The minimum Gasteiger partial charge on any atom is -0.507 e. The van der Waals surface area contributed by atoms with Crippen molar-refractivity contribution in [3.63, 3.8) is 0 Å². The number of nitrogens with zero attached hydrogens (tertiary/aromatic N) is 2. The lowest BCUT2D eigenvalue weighted by atomic mass is 10.0. The summed E-state index contributed by atoms with van der Waals surface area (Å²) in [4.78, 5) is 30.0. The predicted octanol–water partition coefficient (Wildman–Crippen LogP) is 3.54.